The van der Waals surface area contributed by atoms with Crippen LogP contribution in [0.25, 0.3) is 0 Å². The lowest BCUT2D eigenvalue weighted by Crippen LogP contribution is -2.18. The summed E-state index contributed by atoms with van der Waals surface area (Å²) in [5, 5.41) is 4.24. The summed E-state index contributed by atoms with van der Waals surface area (Å²) in [5.74, 6) is 1.76. The van der Waals surface area contributed by atoms with Crippen LogP contribution in [-0.2, 0) is 6.42 Å². The number of hydrogen-bond donors (Lipinski definition) is 1. The molecule has 1 heterocycles. The molecule has 1 atom stereocenters. The highest BCUT2D eigenvalue weighted by atomic mass is 16.5. The van der Waals surface area contributed by atoms with Crippen molar-refractivity contribution < 1.29 is 4.74 Å². The second-order valence-corrected chi connectivity index (χ2v) is 5.76. The maximum atomic E-state index is 6.32. The number of aromatic nitrogens is 3. The van der Waals surface area contributed by atoms with Gasteiger partial charge in [-0.1, -0.05) is 12.1 Å². The van der Waals surface area contributed by atoms with Crippen molar-refractivity contribution in [1.82, 2.24) is 14.8 Å². The Kier molecular flexibility index (Phi) is 4.96. The van der Waals surface area contributed by atoms with E-state index in [4.69, 9.17) is 10.5 Å². The van der Waals surface area contributed by atoms with E-state index in [0.29, 0.717) is 6.42 Å². The van der Waals surface area contributed by atoms with Gasteiger partial charge in [0.15, 0.2) is 0 Å². The van der Waals surface area contributed by atoms with Gasteiger partial charge in [0.2, 0.25) is 0 Å². The smallest absolute Gasteiger partial charge is 0.138 e. The number of nitrogens with two attached hydrogens (primary N) is 1. The molecule has 1 aromatic heterocycles. The van der Waals surface area contributed by atoms with Gasteiger partial charge in [-0.3, -0.25) is 0 Å². The minimum Gasteiger partial charge on any atom is -0.491 e. The largest absolute Gasteiger partial charge is 0.491 e. The van der Waals surface area contributed by atoms with Crippen LogP contribution in [0.1, 0.15) is 51.2 Å². The van der Waals surface area contributed by atoms with Crippen LogP contribution >= 0.6 is 0 Å². The highest BCUT2D eigenvalue weighted by molar-refractivity contribution is 5.31. The zero-order valence-corrected chi connectivity index (χ0v) is 13.2. The summed E-state index contributed by atoms with van der Waals surface area (Å²) in [6, 6.07) is 8.11. The van der Waals surface area contributed by atoms with Gasteiger partial charge in [0, 0.05) is 18.5 Å². The summed E-state index contributed by atoms with van der Waals surface area (Å²) in [4.78, 5) is 4.31. The zero-order chi connectivity index (χ0) is 15.4. The Labute approximate surface area is 126 Å². The van der Waals surface area contributed by atoms with Gasteiger partial charge in [0.25, 0.3) is 0 Å². The molecule has 2 N–H and O–H groups in total. The van der Waals surface area contributed by atoms with Gasteiger partial charge in [-0.25, -0.2) is 9.67 Å². The molecule has 21 heavy (non-hydrogen) atoms. The van der Waals surface area contributed by atoms with Crippen molar-refractivity contribution in [3.05, 3.63) is 42.0 Å². The first-order chi connectivity index (χ1) is 9.97. The van der Waals surface area contributed by atoms with E-state index < -0.39 is 0 Å². The van der Waals surface area contributed by atoms with Gasteiger partial charge in [-0.2, -0.15) is 5.10 Å². The maximum Gasteiger partial charge on any atom is 0.138 e. The molecule has 0 aliphatic carbocycles. The van der Waals surface area contributed by atoms with Crippen molar-refractivity contribution in [3.8, 4) is 5.75 Å². The zero-order valence-electron chi connectivity index (χ0n) is 13.2. The molecule has 5 nitrogen and oxygen atoms in total. The summed E-state index contributed by atoms with van der Waals surface area (Å²) in [5.41, 5.74) is 7.37. The molecule has 0 aliphatic heterocycles. The van der Waals surface area contributed by atoms with Gasteiger partial charge in [0.1, 0.15) is 17.9 Å². The quantitative estimate of drug-likeness (QED) is 0.887. The van der Waals surface area contributed by atoms with Crippen molar-refractivity contribution in [2.75, 3.05) is 0 Å². The van der Waals surface area contributed by atoms with Crippen molar-refractivity contribution >= 4 is 0 Å². The van der Waals surface area contributed by atoms with Crippen LogP contribution in [0.2, 0.25) is 0 Å². The predicted molar refractivity (Wildman–Crippen MR) is 83.2 cm³/mol. The van der Waals surface area contributed by atoms with Crippen LogP contribution in [0.15, 0.2) is 30.6 Å². The lowest BCUT2D eigenvalue weighted by Gasteiger charge is -2.16. The number of ether oxygens (including phenoxy) is 1. The molecule has 1 unspecified atom stereocenters. The van der Waals surface area contributed by atoms with E-state index in [9.17, 15) is 0 Å². The Balaban J connectivity index is 2.12. The minimum atomic E-state index is -0.123. The Morgan fingerprint density at radius 2 is 2.00 bits per heavy atom. The number of rotatable bonds is 6. The molecule has 2 aromatic rings. The molecule has 0 saturated carbocycles. The summed E-state index contributed by atoms with van der Waals surface area (Å²) in [6.45, 7) is 8.19. The maximum absolute atomic E-state index is 6.32. The highest BCUT2D eigenvalue weighted by Crippen LogP contribution is 2.21. The first-order valence-electron chi connectivity index (χ1n) is 7.38. The van der Waals surface area contributed by atoms with Crippen LogP contribution < -0.4 is 10.5 Å². The molecule has 0 fully saturated rings. The van der Waals surface area contributed by atoms with E-state index in [-0.39, 0.29) is 18.2 Å². The molecule has 0 bridgehead atoms. The average molecular weight is 288 g/mol. The topological polar surface area (TPSA) is 66.0 Å². The first-order valence-corrected chi connectivity index (χ1v) is 7.38. The van der Waals surface area contributed by atoms with Crippen molar-refractivity contribution in [2.45, 2.75) is 52.3 Å². The normalized spacial score (nSPS) is 12.9. The lowest BCUT2D eigenvalue weighted by atomic mass is 10.0. The Bertz CT molecular complexity index is 577. The summed E-state index contributed by atoms with van der Waals surface area (Å²) < 4.78 is 7.62. The van der Waals surface area contributed by atoms with Crippen LogP contribution in [0, 0.1) is 0 Å². The third-order valence-electron chi connectivity index (χ3n) is 3.20. The Morgan fingerprint density at radius 1 is 1.24 bits per heavy atom. The molecule has 5 heteroatoms. The molecule has 2 rings (SSSR count). The molecular formula is C16H24N4O. The van der Waals surface area contributed by atoms with Gasteiger partial charge in [-0.05, 0) is 45.4 Å². The van der Waals surface area contributed by atoms with Crippen molar-refractivity contribution in [3.63, 3.8) is 0 Å². The van der Waals surface area contributed by atoms with Crippen LogP contribution in [0.3, 0.4) is 0 Å². The summed E-state index contributed by atoms with van der Waals surface area (Å²) >= 11 is 0. The summed E-state index contributed by atoms with van der Waals surface area (Å²) in [6.07, 6.45) is 2.39. The third-order valence-corrected chi connectivity index (χ3v) is 3.20. The first kappa shape index (κ1) is 15.5. The van der Waals surface area contributed by atoms with Gasteiger partial charge >= 0.3 is 0 Å². The second kappa shape index (κ2) is 6.72. The standard InChI is InChI=1S/C16H24N4O/c1-11(2)20-16(18-10-19-20)9-15(17)13-6-5-7-14(8-13)21-12(3)4/h5-8,10-12,15H,9,17H2,1-4H3. The van der Waals surface area contributed by atoms with E-state index >= 15 is 0 Å². The molecule has 1 aromatic carbocycles. The molecule has 0 spiro atoms. The summed E-state index contributed by atoms with van der Waals surface area (Å²) in [7, 11) is 0. The Morgan fingerprint density at radius 3 is 2.67 bits per heavy atom. The Hall–Kier alpha value is -1.88. The van der Waals surface area contributed by atoms with E-state index in [1.54, 1.807) is 6.33 Å². The molecule has 0 radical (unpaired) electrons. The van der Waals surface area contributed by atoms with Gasteiger partial charge < -0.3 is 10.5 Å². The highest BCUT2D eigenvalue weighted by Gasteiger charge is 2.14. The van der Waals surface area contributed by atoms with E-state index in [1.807, 2.05) is 42.8 Å². The number of nitrogens with zero attached hydrogens (tertiary/aromatic N) is 3. The molecule has 114 valence electrons. The number of hydrogen-bond acceptors (Lipinski definition) is 4. The average Bonchev–Trinajstić information content (AvgIpc) is 2.86. The van der Waals surface area contributed by atoms with Gasteiger partial charge in [0.05, 0.1) is 6.10 Å². The van der Waals surface area contributed by atoms with E-state index in [1.165, 1.54) is 0 Å². The van der Waals surface area contributed by atoms with Crippen molar-refractivity contribution in [1.29, 1.82) is 0 Å². The number of benzene rings is 1. The monoisotopic (exact) mass is 288 g/mol. The van der Waals surface area contributed by atoms with Crippen molar-refractivity contribution in [2.24, 2.45) is 5.73 Å². The van der Waals surface area contributed by atoms with Gasteiger partial charge in [-0.15, -0.1) is 0 Å². The third kappa shape index (κ3) is 4.04. The molecule has 0 saturated heterocycles. The molecule has 0 amide bonds. The fourth-order valence-corrected chi connectivity index (χ4v) is 2.26. The second-order valence-electron chi connectivity index (χ2n) is 5.76. The lowest BCUT2D eigenvalue weighted by molar-refractivity contribution is 0.242. The molecule has 0 aliphatic rings. The van der Waals surface area contributed by atoms with E-state index in [0.717, 1.165) is 17.1 Å². The fourth-order valence-electron chi connectivity index (χ4n) is 2.26. The van der Waals surface area contributed by atoms with E-state index in [2.05, 4.69) is 23.9 Å². The van der Waals surface area contributed by atoms with Crippen LogP contribution in [-0.4, -0.2) is 20.9 Å². The van der Waals surface area contributed by atoms with Crippen LogP contribution in [0.4, 0.5) is 0 Å². The fraction of sp³-hybridized carbons (Fsp3) is 0.500. The predicted octanol–water partition coefficient (Wildman–Crippen LogP) is 2.89. The SMILES string of the molecule is CC(C)Oc1cccc(C(N)Cc2ncnn2C(C)C)c1. The molecular weight excluding hydrogens is 264 g/mol. The van der Waals surface area contributed by atoms with Crippen LogP contribution in [0.5, 0.6) is 5.75 Å². The minimum absolute atomic E-state index is 0.123.